The predicted molar refractivity (Wildman–Crippen MR) is 102 cm³/mol. The predicted octanol–water partition coefficient (Wildman–Crippen LogP) is 3.28. The summed E-state index contributed by atoms with van der Waals surface area (Å²) in [6.45, 7) is 0.379. The number of hydrogen-bond acceptors (Lipinski definition) is 6. The molecule has 1 fully saturated rings. The van der Waals surface area contributed by atoms with Crippen LogP contribution in [-0.2, 0) is 10.0 Å². The van der Waals surface area contributed by atoms with Gasteiger partial charge in [-0.15, -0.1) is 0 Å². The van der Waals surface area contributed by atoms with Crippen LogP contribution in [0.5, 0.6) is 0 Å². The van der Waals surface area contributed by atoms with Gasteiger partial charge < -0.3 is 5.32 Å². The van der Waals surface area contributed by atoms with E-state index >= 15 is 0 Å². The minimum atomic E-state index is -3.76. The number of hydrogen-bond donors (Lipinski definition) is 1. The number of pyridine rings is 1. The molecule has 0 unspecified atom stereocenters. The van der Waals surface area contributed by atoms with Gasteiger partial charge in [-0.2, -0.15) is 4.31 Å². The lowest BCUT2D eigenvalue weighted by atomic mass is 10.2. The van der Waals surface area contributed by atoms with E-state index in [0.717, 1.165) is 12.1 Å². The first-order chi connectivity index (χ1) is 13.5. The number of nitrogens with one attached hydrogen (secondary N) is 1. The van der Waals surface area contributed by atoms with E-state index in [4.69, 9.17) is 0 Å². The van der Waals surface area contributed by atoms with Crippen LogP contribution in [0, 0.1) is 5.82 Å². The van der Waals surface area contributed by atoms with E-state index in [1.807, 2.05) is 12.1 Å². The highest BCUT2D eigenvalue weighted by Crippen LogP contribution is 2.35. The number of sulfonamides is 1. The Balaban J connectivity index is 1.61. The van der Waals surface area contributed by atoms with Crippen LogP contribution in [0.15, 0.2) is 66.0 Å². The zero-order valence-electron chi connectivity index (χ0n) is 14.9. The molecular formula is C19H18FN5O2S. The van der Waals surface area contributed by atoms with Crippen LogP contribution in [0.25, 0.3) is 0 Å². The molecule has 3 aromatic rings. The first kappa shape index (κ1) is 18.5. The van der Waals surface area contributed by atoms with Gasteiger partial charge in [0, 0.05) is 12.7 Å². The van der Waals surface area contributed by atoms with Crippen LogP contribution in [-0.4, -0.2) is 34.2 Å². The van der Waals surface area contributed by atoms with Crippen LogP contribution in [0.4, 0.5) is 16.0 Å². The van der Waals surface area contributed by atoms with Gasteiger partial charge in [-0.25, -0.2) is 22.8 Å². The van der Waals surface area contributed by atoms with Crippen LogP contribution in [0.1, 0.15) is 24.6 Å². The molecule has 1 atom stereocenters. The minimum absolute atomic E-state index is 0.0662. The fourth-order valence-corrected chi connectivity index (χ4v) is 4.90. The molecule has 1 N–H and O–H groups in total. The molecule has 9 heteroatoms. The lowest BCUT2D eigenvalue weighted by molar-refractivity contribution is 0.390. The Hall–Kier alpha value is -2.91. The van der Waals surface area contributed by atoms with Gasteiger partial charge in [-0.05, 0) is 49.2 Å². The van der Waals surface area contributed by atoms with Crippen molar-refractivity contribution < 1.29 is 12.8 Å². The van der Waals surface area contributed by atoms with Gasteiger partial charge in [0.05, 0.1) is 29.0 Å². The molecule has 1 aromatic carbocycles. The van der Waals surface area contributed by atoms with Gasteiger partial charge in [-0.3, -0.25) is 4.98 Å². The van der Waals surface area contributed by atoms with E-state index in [9.17, 15) is 12.8 Å². The summed E-state index contributed by atoms with van der Waals surface area (Å²) in [4.78, 5) is 13.0. The molecule has 144 valence electrons. The van der Waals surface area contributed by atoms with Crippen molar-refractivity contribution in [2.75, 3.05) is 11.9 Å². The molecule has 28 heavy (non-hydrogen) atoms. The van der Waals surface area contributed by atoms with Crippen molar-refractivity contribution in [1.82, 2.24) is 19.3 Å². The van der Waals surface area contributed by atoms with Crippen molar-refractivity contribution >= 4 is 21.7 Å². The first-order valence-corrected chi connectivity index (χ1v) is 10.3. The number of nitrogens with zero attached hydrogens (tertiary/aromatic N) is 4. The fourth-order valence-electron chi connectivity index (χ4n) is 3.24. The smallest absolute Gasteiger partial charge is 0.243 e. The van der Waals surface area contributed by atoms with Crippen molar-refractivity contribution in [2.24, 2.45) is 0 Å². The van der Waals surface area contributed by atoms with Gasteiger partial charge >= 0.3 is 0 Å². The highest BCUT2D eigenvalue weighted by atomic mass is 32.2. The lowest BCUT2D eigenvalue weighted by Crippen LogP contribution is -2.31. The second kappa shape index (κ2) is 7.61. The number of benzene rings is 1. The summed E-state index contributed by atoms with van der Waals surface area (Å²) in [7, 11) is -3.76. The van der Waals surface area contributed by atoms with E-state index in [1.165, 1.54) is 16.4 Å². The van der Waals surface area contributed by atoms with Crippen molar-refractivity contribution in [3.05, 3.63) is 72.6 Å². The summed E-state index contributed by atoms with van der Waals surface area (Å²) in [5.74, 6) is 0.634. The van der Waals surface area contributed by atoms with Crippen LogP contribution in [0.2, 0.25) is 0 Å². The van der Waals surface area contributed by atoms with E-state index in [-0.39, 0.29) is 4.90 Å². The minimum Gasteiger partial charge on any atom is -0.324 e. The molecule has 0 radical (unpaired) electrons. The standard InChI is InChI=1S/C19H18FN5O2S/c20-14-6-8-15(9-7-14)28(26,27)25-11-3-4-17(25)16-12-21-13-19(23-16)24-18-5-1-2-10-22-18/h1-2,5-10,12-13,17H,3-4,11H2,(H,22,23,24)/t17-/m0/s1. The molecule has 1 aliphatic rings. The molecule has 0 aliphatic carbocycles. The Labute approximate surface area is 162 Å². The van der Waals surface area contributed by atoms with E-state index in [1.54, 1.807) is 24.7 Å². The summed E-state index contributed by atoms with van der Waals surface area (Å²) >= 11 is 0. The monoisotopic (exact) mass is 399 g/mol. The molecule has 4 rings (SSSR count). The third-order valence-corrected chi connectivity index (χ3v) is 6.46. The summed E-state index contributed by atoms with van der Waals surface area (Å²) in [5.41, 5.74) is 0.559. The van der Waals surface area contributed by atoms with E-state index in [2.05, 4.69) is 20.3 Å². The quantitative estimate of drug-likeness (QED) is 0.708. The van der Waals surface area contributed by atoms with Crippen molar-refractivity contribution in [3.63, 3.8) is 0 Å². The van der Waals surface area contributed by atoms with E-state index in [0.29, 0.717) is 36.7 Å². The zero-order chi connectivity index (χ0) is 19.6. The number of halogens is 1. The molecule has 2 aromatic heterocycles. The summed E-state index contributed by atoms with van der Waals surface area (Å²) < 4.78 is 40.7. The van der Waals surface area contributed by atoms with Gasteiger partial charge in [0.25, 0.3) is 0 Å². The molecule has 0 spiro atoms. The Kier molecular flexibility index (Phi) is 5.01. The first-order valence-electron chi connectivity index (χ1n) is 8.81. The third kappa shape index (κ3) is 3.71. The number of aromatic nitrogens is 3. The normalized spacial score (nSPS) is 17.5. The maximum absolute atomic E-state index is 13.2. The van der Waals surface area contributed by atoms with Gasteiger partial charge in [0.15, 0.2) is 0 Å². The van der Waals surface area contributed by atoms with Crippen LogP contribution >= 0.6 is 0 Å². The molecule has 0 saturated carbocycles. The molecule has 7 nitrogen and oxygen atoms in total. The Morgan fingerprint density at radius 3 is 2.64 bits per heavy atom. The van der Waals surface area contributed by atoms with Gasteiger partial charge in [0.1, 0.15) is 17.5 Å². The molecule has 0 amide bonds. The van der Waals surface area contributed by atoms with Crippen molar-refractivity contribution in [2.45, 2.75) is 23.8 Å². The molecule has 0 bridgehead atoms. The fraction of sp³-hybridized carbons (Fsp3) is 0.211. The van der Waals surface area contributed by atoms with Gasteiger partial charge in [-0.1, -0.05) is 6.07 Å². The maximum Gasteiger partial charge on any atom is 0.243 e. The second-order valence-electron chi connectivity index (χ2n) is 6.40. The Morgan fingerprint density at radius 2 is 1.89 bits per heavy atom. The highest BCUT2D eigenvalue weighted by molar-refractivity contribution is 7.89. The maximum atomic E-state index is 13.2. The molecule has 1 saturated heterocycles. The Morgan fingerprint density at radius 1 is 1.07 bits per heavy atom. The third-order valence-electron chi connectivity index (χ3n) is 4.54. The highest BCUT2D eigenvalue weighted by Gasteiger charge is 2.37. The Bertz CT molecular complexity index is 1060. The molecular weight excluding hydrogens is 381 g/mol. The SMILES string of the molecule is O=S(=O)(c1ccc(F)cc1)N1CCC[C@H]1c1cncc(Nc2ccccn2)n1. The topological polar surface area (TPSA) is 88.1 Å². The van der Waals surface area contributed by atoms with E-state index < -0.39 is 21.9 Å². The van der Waals surface area contributed by atoms with Crippen molar-refractivity contribution in [1.29, 1.82) is 0 Å². The summed E-state index contributed by atoms with van der Waals surface area (Å²) in [5, 5.41) is 3.06. The number of anilines is 2. The average Bonchev–Trinajstić information content (AvgIpc) is 3.20. The summed E-state index contributed by atoms with van der Waals surface area (Å²) in [6.07, 6.45) is 6.15. The second-order valence-corrected chi connectivity index (χ2v) is 8.29. The van der Waals surface area contributed by atoms with Gasteiger partial charge in [0.2, 0.25) is 10.0 Å². The lowest BCUT2D eigenvalue weighted by Gasteiger charge is -2.23. The summed E-state index contributed by atoms with van der Waals surface area (Å²) in [6, 6.07) is 9.90. The van der Waals surface area contributed by atoms with Crippen LogP contribution in [0.3, 0.4) is 0 Å². The zero-order valence-corrected chi connectivity index (χ0v) is 15.7. The van der Waals surface area contributed by atoms with Crippen LogP contribution < -0.4 is 5.32 Å². The average molecular weight is 399 g/mol. The number of rotatable bonds is 5. The van der Waals surface area contributed by atoms with Crippen molar-refractivity contribution in [3.8, 4) is 0 Å². The molecule has 1 aliphatic heterocycles. The largest absolute Gasteiger partial charge is 0.324 e. The molecule has 3 heterocycles.